The van der Waals surface area contributed by atoms with Gasteiger partial charge in [-0.2, -0.15) is 0 Å². The molecule has 27 heavy (non-hydrogen) atoms. The van der Waals surface area contributed by atoms with Crippen LogP contribution in [0.2, 0.25) is 0 Å². The number of amides is 2. The van der Waals surface area contributed by atoms with Crippen LogP contribution in [0.3, 0.4) is 0 Å². The highest BCUT2D eigenvalue weighted by atomic mass is 16.6. The van der Waals surface area contributed by atoms with Crippen molar-refractivity contribution < 1.29 is 23.9 Å². The average Bonchev–Trinajstić information content (AvgIpc) is 3.18. The van der Waals surface area contributed by atoms with E-state index in [-0.39, 0.29) is 23.7 Å². The number of nitrogens with one attached hydrogen (secondary N) is 3. The Kier molecular flexibility index (Phi) is 6.64. The second kappa shape index (κ2) is 8.56. The van der Waals surface area contributed by atoms with Crippen molar-refractivity contribution in [2.75, 3.05) is 6.61 Å². The fourth-order valence-corrected chi connectivity index (χ4v) is 2.73. The zero-order valence-corrected chi connectivity index (χ0v) is 16.5. The van der Waals surface area contributed by atoms with Crippen LogP contribution in [0, 0.1) is 11.3 Å². The fourth-order valence-electron chi connectivity index (χ4n) is 2.73. The lowest BCUT2D eigenvalue weighted by molar-refractivity contribution is -0.128. The van der Waals surface area contributed by atoms with Gasteiger partial charge in [-0.25, -0.2) is 4.79 Å². The van der Waals surface area contributed by atoms with Gasteiger partial charge in [0.05, 0.1) is 6.10 Å². The van der Waals surface area contributed by atoms with Crippen LogP contribution in [0.15, 0.2) is 18.5 Å². The van der Waals surface area contributed by atoms with Crippen LogP contribution in [0.5, 0.6) is 5.75 Å². The molecule has 1 aliphatic rings. The van der Waals surface area contributed by atoms with Gasteiger partial charge in [-0.15, -0.1) is 0 Å². The molecule has 2 rings (SSSR count). The van der Waals surface area contributed by atoms with E-state index in [1.54, 1.807) is 19.2 Å². The van der Waals surface area contributed by atoms with E-state index in [1.807, 2.05) is 13.8 Å². The van der Waals surface area contributed by atoms with E-state index in [0.29, 0.717) is 12.2 Å². The maximum Gasteiger partial charge on any atom is 0.413 e. The molecule has 150 valence electrons. The molecule has 0 spiro atoms. The molecular formula is C19H29N3O5. The lowest BCUT2D eigenvalue weighted by atomic mass is 9.76. The second-order valence-electron chi connectivity index (χ2n) is 7.95. The number of Topliss-reactive ketones (excluding diaryl/α,β-unsaturated/α-hetero) is 1. The van der Waals surface area contributed by atoms with Crippen molar-refractivity contribution in [1.82, 2.24) is 15.6 Å². The highest BCUT2D eigenvalue weighted by molar-refractivity contribution is 5.94. The molecule has 1 aliphatic heterocycles. The fraction of sp³-hybridized carbons (Fsp3) is 0.632. The van der Waals surface area contributed by atoms with Crippen molar-refractivity contribution in [3.05, 3.63) is 18.5 Å². The molecule has 0 aliphatic carbocycles. The third-order valence-electron chi connectivity index (χ3n) is 5.28. The predicted molar refractivity (Wildman–Crippen MR) is 99.3 cm³/mol. The maximum absolute atomic E-state index is 12.8. The third kappa shape index (κ3) is 5.56. The van der Waals surface area contributed by atoms with Gasteiger partial charge in [0.2, 0.25) is 5.91 Å². The molecule has 0 radical (unpaired) electrons. The van der Waals surface area contributed by atoms with Gasteiger partial charge in [0.25, 0.3) is 0 Å². The lowest BCUT2D eigenvalue weighted by Gasteiger charge is -2.33. The van der Waals surface area contributed by atoms with Gasteiger partial charge < -0.3 is 25.1 Å². The van der Waals surface area contributed by atoms with E-state index in [0.717, 1.165) is 0 Å². The quantitative estimate of drug-likeness (QED) is 0.671. The molecule has 1 saturated heterocycles. The number of H-pyrrole nitrogens is 1. The highest BCUT2D eigenvalue weighted by Gasteiger charge is 2.37. The summed E-state index contributed by atoms with van der Waals surface area (Å²) in [7, 11) is 0. The summed E-state index contributed by atoms with van der Waals surface area (Å²) in [5.41, 5.74) is -0.217. The largest absolute Gasteiger partial charge is 0.413 e. The topological polar surface area (TPSA) is 110 Å². The molecule has 3 atom stereocenters. The van der Waals surface area contributed by atoms with Crippen molar-refractivity contribution in [2.24, 2.45) is 11.3 Å². The highest BCUT2D eigenvalue weighted by Crippen LogP contribution is 2.31. The standard InChI is InChI=1S/C19H29N3O5/c1-11(2)19(4,5)8-14(21-18(25)27-13-6-7-20-9-13)17(24)22-16-12(3)26-10-15(16)23/h6-7,9,11-12,14,16,20H,8,10H2,1-5H3,(H,21,25)(H,22,24)/t12-,14-,16-/m0/s1. The number of ether oxygens (including phenoxy) is 2. The first kappa shape index (κ1) is 21.0. The Morgan fingerprint density at radius 1 is 1.41 bits per heavy atom. The maximum atomic E-state index is 12.8. The minimum Gasteiger partial charge on any atom is -0.409 e. The molecule has 2 heterocycles. The lowest BCUT2D eigenvalue weighted by Crippen LogP contribution is -2.54. The minimum absolute atomic E-state index is 0.0166. The molecule has 0 aromatic carbocycles. The van der Waals surface area contributed by atoms with Crippen LogP contribution in [0.1, 0.15) is 41.0 Å². The summed E-state index contributed by atoms with van der Waals surface area (Å²) in [6.45, 7) is 9.90. The summed E-state index contributed by atoms with van der Waals surface area (Å²) in [5.74, 6) is 0.0338. The molecule has 3 N–H and O–H groups in total. The number of hydrogen-bond acceptors (Lipinski definition) is 5. The van der Waals surface area contributed by atoms with E-state index in [2.05, 4.69) is 29.5 Å². The number of carbonyl (C=O) groups excluding carboxylic acids is 3. The monoisotopic (exact) mass is 379 g/mol. The van der Waals surface area contributed by atoms with Crippen molar-refractivity contribution in [3.63, 3.8) is 0 Å². The van der Waals surface area contributed by atoms with Crippen LogP contribution in [-0.2, 0) is 14.3 Å². The molecule has 1 fully saturated rings. The summed E-state index contributed by atoms with van der Waals surface area (Å²) in [4.78, 5) is 39.8. The number of ketones is 1. The van der Waals surface area contributed by atoms with E-state index in [4.69, 9.17) is 9.47 Å². The zero-order chi connectivity index (χ0) is 20.2. The van der Waals surface area contributed by atoms with Gasteiger partial charge in [-0.3, -0.25) is 9.59 Å². The van der Waals surface area contributed by atoms with Crippen LogP contribution in [-0.4, -0.2) is 47.6 Å². The predicted octanol–water partition coefficient (Wildman–Crippen LogP) is 2.02. The Hall–Kier alpha value is -2.35. The average molecular weight is 379 g/mol. The normalized spacial score (nSPS) is 21.2. The molecule has 0 bridgehead atoms. The van der Waals surface area contributed by atoms with Gasteiger partial charge in [0.15, 0.2) is 5.78 Å². The Bertz CT molecular complexity index is 669. The van der Waals surface area contributed by atoms with Gasteiger partial charge in [0.1, 0.15) is 24.4 Å². The number of aromatic amines is 1. The summed E-state index contributed by atoms with van der Waals surface area (Å²) < 4.78 is 10.4. The molecule has 1 aromatic heterocycles. The Labute approximate surface area is 159 Å². The molecule has 1 aromatic rings. The van der Waals surface area contributed by atoms with Crippen LogP contribution in [0.25, 0.3) is 0 Å². The van der Waals surface area contributed by atoms with Gasteiger partial charge in [-0.05, 0) is 30.7 Å². The van der Waals surface area contributed by atoms with Crippen molar-refractivity contribution in [1.29, 1.82) is 0 Å². The number of hydrogen-bond donors (Lipinski definition) is 3. The van der Waals surface area contributed by atoms with E-state index in [1.165, 1.54) is 6.20 Å². The number of aromatic nitrogens is 1. The minimum atomic E-state index is -0.838. The SMILES string of the molecule is CC(C)C(C)(C)C[C@H](NC(=O)Oc1cc[nH]c1)C(=O)N[C@@H]1C(=O)CO[C@H]1C. The van der Waals surface area contributed by atoms with Crippen LogP contribution in [0.4, 0.5) is 4.79 Å². The molecule has 8 heteroatoms. The summed E-state index contributed by atoms with van der Waals surface area (Å²) in [6, 6.07) is 0.0576. The van der Waals surface area contributed by atoms with Crippen molar-refractivity contribution in [2.45, 2.75) is 59.2 Å². The van der Waals surface area contributed by atoms with E-state index < -0.39 is 30.2 Å². The molecule has 2 amide bonds. The Morgan fingerprint density at radius 3 is 2.63 bits per heavy atom. The molecule has 8 nitrogen and oxygen atoms in total. The van der Waals surface area contributed by atoms with Crippen molar-refractivity contribution >= 4 is 17.8 Å². The second-order valence-corrected chi connectivity index (χ2v) is 7.95. The summed E-state index contributed by atoms with van der Waals surface area (Å²) >= 11 is 0. The Morgan fingerprint density at radius 2 is 2.11 bits per heavy atom. The first-order valence-electron chi connectivity index (χ1n) is 9.16. The van der Waals surface area contributed by atoms with Crippen molar-refractivity contribution in [3.8, 4) is 5.75 Å². The van der Waals surface area contributed by atoms with E-state index >= 15 is 0 Å². The van der Waals surface area contributed by atoms with Crippen LogP contribution >= 0.6 is 0 Å². The third-order valence-corrected chi connectivity index (χ3v) is 5.28. The van der Waals surface area contributed by atoms with Gasteiger partial charge in [-0.1, -0.05) is 27.7 Å². The van der Waals surface area contributed by atoms with Gasteiger partial charge in [0, 0.05) is 12.4 Å². The zero-order valence-electron chi connectivity index (χ0n) is 16.5. The number of carbonyl (C=O) groups is 3. The summed E-state index contributed by atoms with van der Waals surface area (Å²) in [5, 5.41) is 5.34. The Balaban J connectivity index is 2.09. The first-order valence-corrected chi connectivity index (χ1v) is 9.16. The molecule has 0 saturated carbocycles. The summed E-state index contributed by atoms with van der Waals surface area (Å²) in [6.07, 6.45) is 2.43. The smallest absolute Gasteiger partial charge is 0.409 e. The van der Waals surface area contributed by atoms with Crippen LogP contribution < -0.4 is 15.4 Å². The molecular weight excluding hydrogens is 350 g/mol. The number of rotatable bonds is 7. The van der Waals surface area contributed by atoms with Gasteiger partial charge >= 0.3 is 6.09 Å². The first-order chi connectivity index (χ1) is 12.6. The van der Waals surface area contributed by atoms with E-state index in [9.17, 15) is 14.4 Å². The molecule has 0 unspecified atom stereocenters.